The van der Waals surface area contributed by atoms with Crippen LogP contribution in [0.2, 0.25) is 0 Å². The monoisotopic (exact) mass is 258 g/mol. The lowest BCUT2D eigenvalue weighted by Crippen LogP contribution is -2.15. The molecule has 1 aliphatic carbocycles. The van der Waals surface area contributed by atoms with Gasteiger partial charge in [0.1, 0.15) is 5.75 Å². The first kappa shape index (κ1) is 13.7. The normalized spacial score (nSPS) is 17.3. The molecule has 0 aliphatic heterocycles. The Kier molecular flexibility index (Phi) is 4.31. The van der Waals surface area contributed by atoms with E-state index in [4.69, 9.17) is 10.00 Å². The first-order chi connectivity index (χ1) is 9.17. The summed E-state index contributed by atoms with van der Waals surface area (Å²) in [4.78, 5) is 0. The Bertz CT molecular complexity index is 460. The van der Waals surface area contributed by atoms with Gasteiger partial charge in [0.05, 0.1) is 12.2 Å². The fourth-order valence-corrected chi connectivity index (χ4v) is 2.05. The van der Waals surface area contributed by atoms with Crippen molar-refractivity contribution in [2.45, 2.75) is 45.6 Å². The summed E-state index contributed by atoms with van der Waals surface area (Å²) in [6, 6.07) is 10.4. The van der Waals surface area contributed by atoms with Crippen molar-refractivity contribution < 1.29 is 4.74 Å². The Morgan fingerprint density at radius 2 is 2.26 bits per heavy atom. The molecule has 0 saturated heterocycles. The molecule has 1 N–H and O–H groups in total. The van der Waals surface area contributed by atoms with E-state index in [9.17, 15) is 0 Å². The minimum Gasteiger partial charge on any atom is -0.491 e. The van der Waals surface area contributed by atoms with Crippen molar-refractivity contribution in [3.05, 3.63) is 24.3 Å². The average Bonchev–Trinajstić information content (AvgIpc) is 3.17. The van der Waals surface area contributed by atoms with Crippen LogP contribution in [-0.2, 0) is 0 Å². The van der Waals surface area contributed by atoms with E-state index in [1.54, 1.807) is 0 Å². The molecule has 3 nitrogen and oxygen atoms in total. The van der Waals surface area contributed by atoms with Gasteiger partial charge < -0.3 is 10.1 Å². The van der Waals surface area contributed by atoms with Crippen LogP contribution in [0, 0.1) is 16.7 Å². The van der Waals surface area contributed by atoms with Gasteiger partial charge in [-0.1, -0.05) is 13.0 Å². The zero-order chi connectivity index (χ0) is 13.7. The third kappa shape index (κ3) is 3.89. The SMILES string of the molecule is CCC(C)Oc1cccc(NCC2(CC#N)CC2)c1. The standard InChI is InChI=1S/C16H22N2O/c1-3-13(2)19-15-6-4-5-14(11-15)18-12-16(7-8-16)9-10-17/h4-6,11,13,18H,3,7-9,12H2,1-2H3. The van der Waals surface area contributed by atoms with Gasteiger partial charge in [-0.2, -0.15) is 5.26 Å². The number of hydrogen-bond acceptors (Lipinski definition) is 3. The molecule has 19 heavy (non-hydrogen) atoms. The molecule has 1 aromatic carbocycles. The molecule has 0 radical (unpaired) electrons. The number of benzene rings is 1. The van der Waals surface area contributed by atoms with Crippen LogP contribution in [0.5, 0.6) is 5.75 Å². The first-order valence-corrected chi connectivity index (χ1v) is 7.05. The topological polar surface area (TPSA) is 45.0 Å². The molecule has 0 aromatic heterocycles. The van der Waals surface area contributed by atoms with Crippen LogP contribution in [0.1, 0.15) is 39.5 Å². The first-order valence-electron chi connectivity index (χ1n) is 7.05. The van der Waals surface area contributed by atoms with Crippen LogP contribution >= 0.6 is 0 Å². The summed E-state index contributed by atoms with van der Waals surface area (Å²) in [5.74, 6) is 0.907. The van der Waals surface area contributed by atoms with Crippen molar-refractivity contribution in [2.75, 3.05) is 11.9 Å². The molecule has 1 saturated carbocycles. The van der Waals surface area contributed by atoms with Gasteiger partial charge >= 0.3 is 0 Å². The van der Waals surface area contributed by atoms with Gasteiger partial charge in [-0.15, -0.1) is 0 Å². The van der Waals surface area contributed by atoms with Crippen LogP contribution in [0.4, 0.5) is 5.69 Å². The summed E-state index contributed by atoms with van der Waals surface area (Å²) in [7, 11) is 0. The van der Waals surface area contributed by atoms with E-state index in [0.29, 0.717) is 6.42 Å². The molecule has 1 unspecified atom stereocenters. The number of rotatable bonds is 7. The molecule has 0 heterocycles. The lowest BCUT2D eigenvalue weighted by molar-refractivity contribution is 0.217. The highest BCUT2D eigenvalue weighted by Gasteiger charge is 2.42. The Labute approximate surface area is 115 Å². The second-order valence-electron chi connectivity index (χ2n) is 5.55. The summed E-state index contributed by atoms with van der Waals surface area (Å²) in [5, 5.41) is 12.2. The highest BCUT2D eigenvalue weighted by molar-refractivity contribution is 5.48. The number of hydrogen-bond donors (Lipinski definition) is 1. The van der Waals surface area contributed by atoms with Crippen LogP contribution in [0.25, 0.3) is 0 Å². The largest absolute Gasteiger partial charge is 0.491 e. The minimum atomic E-state index is 0.225. The Morgan fingerprint density at radius 1 is 1.47 bits per heavy atom. The molecule has 1 atom stereocenters. The fourth-order valence-electron chi connectivity index (χ4n) is 2.05. The average molecular weight is 258 g/mol. The number of anilines is 1. The molecular weight excluding hydrogens is 236 g/mol. The summed E-state index contributed by atoms with van der Waals surface area (Å²) in [6.07, 6.45) is 4.22. The molecule has 1 fully saturated rings. The van der Waals surface area contributed by atoms with Crippen LogP contribution in [0.3, 0.4) is 0 Å². The van der Waals surface area contributed by atoms with E-state index in [1.807, 2.05) is 24.3 Å². The highest BCUT2D eigenvalue weighted by Crippen LogP contribution is 2.48. The number of nitrogens with one attached hydrogen (secondary N) is 1. The molecule has 1 aliphatic rings. The van der Waals surface area contributed by atoms with Gasteiger partial charge in [-0.3, -0.25) is 0 Å². The maximum Gasteiger partial charge on any atom is 0.121 e. The smallest absolute Gasteiger partial charge is 0.121 e. The summed E-state index contributed by atoms with van der Waals surface area (Å²) < 4.78 is 5.81. The predicted molar refractivity (Wildman–Crippen MR) is 77.2 cm³/mol. The van der Waals surface area contributed by atoms with Gasteiger partial charge in [0.15, 0.2) is 0 Å². The minimum absolute atomic E-state index is 0.225. The second-order valence-corrected chi connectivity index (χ2v) is 5.55. The molecule has 0 spiro atoms. The predicted octanol–water partition coefficient (Wildman–Crippen LogP) is 3.97. The molecule has 2 rings (SSSR count). The van der Waals surface area contributed by atoms with E-state index < -0.39 is 0 Å². The van der Waals surface area contributed by atoms with Crippen LogP contribution < -0.4 is 10.1 Å². The van der Waals surface area contributed by atoms with Crippen molar-refractivity contribution in [1.82, 2.24) is 0 Å². The Morgan fingerprint density at radius 3 is 2.89 bits per heavy atom. The van der Waals surface area contributed by atoms with Gasteiger partial charge in [-0.05, 0) is 38.3 Å². The summed E-state index contributed by atoms with van der Waals surface area (Å²) in [6.45, 7) is 5.07. The van der Waals surface area contributed by atoms with Gasteiger partial charge in [0.2, 0.25) is 0 Å². The zero-order valence-electron chi connectivity index (χ0n) is 11.8. The Hall–Kier alpha value is -1.69. The number of ether oxygens (including phenoxy) is 1. The molecular formula is C16H22N2O. The van der Waals surface area contributed by atoms with E-state index in [-0.39, 0.29) is 11.5 Å². The molecule has 0 bridgehead atoms. The van der Waals surface area contributed by atoms with E-state index >= 15 is 0 Å². The summed E-state index contributed by atoms with van der Waals surface area (Å²) in [5.41, 5.74) is 1.30. The van der Waals surface area contributed by atoms with Crippen LogP contribution in [-0.4, -0.2) is 12.6 Å². The Balaban J connectivity index is 1.90. The van der Waals surface area contributed by atoms with Gasteiger partial charge in [0.25, 0.3) is 0 Å². The third-order valence-corrected chi connectivity index (χ3v) is 3.82. The summed E-state index contributed by atoms with van der Waals surface area (Å²) >= 11 is 0. The van der Waals surface area contributed by atoms with Crippen molar-refractivity contribution in [2.24, 2.45) is 5.41 Å². The maximum absolute atomic E-state index is 8.81. The zero-order valence-corrected chi connectivity index (χ0v) is 11.8. The van der Waals surface area contributed by atoms with E-state index in [1.165, 1.54) is 0 Å². The third-order valence-electron chi connectivity index (χ3n) is 3.82. The van der Waals surface area contributed by atoms with Crippen molar-refractivity contribution >= 4 is 5.69 Å². The molecule has 3 heteroatoms. The van der Waals surface area contributed by atoms with E-state index in [0.717, 1.165) is 37.2 Å². The lowest BCUT2D eigenvalue weighted by atomic mass is 10.0. The van der Waals surface area contributed by atoms with Crippen LogP contribution in [0.15, 0.2) is 24.3 Å². The second kappa shape index (κ2) is 5.97. The molecule has 102 valence electrons. The maximum atomic E-state index is 8.81. The lowest BCUT2D eigenvalue weighted by Gasteiger charge is -2.16. The van der Waals surface area contributed by atoms with Crippen molar-refractivity contribution in [3.8, 4) is 11.8 Å². The number of nitrogens with zero attached hydrogens (tertiary/aromatic N) is 1. The number of nitriles is 1. The highest BCUT2D eigenvalue weighted by atomic mass is 16.5. The quantitative estimate of drug-likeness (QED) is 0.805. The van der Waals surface area contributed by atoms with E-state index in [2.05, 4.69) is 25.2 Å². The van der Waals surface area contributed by atoms with Crippen molar-refractivity contribution in [1.29, 1.82) is 5.26 Å². The van der Waals surface area contributed by atoms with Gasteiger partial charge in [0, 0.05) is 30.1 Å². The molecule has 1 aromatic rings. The molecule has 0 amide bonds. The van der Waals surface area contributed by atoms with Gasteiger partial charge in [-0.25, -0.2) is 0 Å². The fraction of sp³-hybridized carbons (Fsp3) is 0.562. The van der Waals surface area contributed by atoms with Crippen molar-refractivity contribution in [3.63, 3.8) is 0 Å².